The van der Waals surface area contributed by atoms with Crippen molar-refractivity contribution in [3.63, 3.8) is 0 Å². The van der Waals surface area contributed by atoms with Gasteiger partial charge < -0.3 is 5.32 Å². The number of rotatable bonds is 2. The molecule has 0 saturated heterocycles. The van der Waals surface area contributed by atoms with Gasteiger partial charge in [-0.25, -0.2) is 9.97 Å². The molecule has 0 saturated carbocycles. The molecule has 1 aliphatic rings. The van der Waals surface area contributed by atoms with E-state index in [1.165, 1.54) is 5.56 Å². The van der Waals surface area contributed by atoms with Crippen molar-refractivity contribution < 1.29 is 0 Å². The van der Waals surface area contributed by atoms with Gasteiger partial charge in [-0.15, -0.1) is 0 Å². The summed E-state index contributed by atoms with van der Waals surface area (Å²) < 4.78 is 0. The van der Waals surface area contributed by atoms with E-state index in [0.29, 0.717) is 0 Å². The van der Waals surface area contributed by atoms with E-state index in [2.05, 4.69) is 44.3 Å². The second-order valence-electron chi connectivity index (χ2n) is 5.36. The number of para-hydroxylation sites is 1. The average Bonchev–Trinajstić information content (AvgIpc) is 2.89. The average molecular weight is 277 g/mol. The lowest BCUT2D eigenvalue weighted by Crippen LogP contribution is -2.08. The Bertz CT molecular complexity index is 815. The quantitative estimate of drug-likeness (QED) is 0.780. The van der Waals surface area contributed by atoms with Gasteiger partial charge >= 0.3 is 0 Å². The molecule has 3 heterocycles. The summed E-state index contributed by atoms with van der Waals surface area (Å²) in [6.45, 7) is 1.75. The molecule has 0 radical (unpaired) electrons. The summed E-state index contributed by atoms with van der Waals surface area (Å²) in [5, 5.41) is 4.49. The van der Waals surface area contributed by atoms with Gasteiger partial charge in [-0.05, 0) is 19.2 Å². The van der Waals surface area contributed by atoms with Crippen LogP contribution < -0.4 is 5.32 Å². The second kappa shape index (κ2) is 4.79. The fourth-order valence-corrected chi connectivity index (χ4v) is 2.72. The Morgan fingerprint density at radius 2 is 2.00 bits per heavy atom. The normalized spacial score (nSPS) is 14.3. The first kappa shape index (κ1) is 12.2. The molecular weight excluding hydrogens is 262 g/mol. The number of nitrogens with zero attached hydrogens (tertiary/aromatic N) is 4. The Hall–Kier alpha value is -2.53. The van der Waals surface area contributed by atoms with E-state index in [9.17, 15) is 0 Å². The smallest absolute Gasteiger partial charge is 0.138 e. The highest BCUT2D eigenvalue weighted by Crippen LogP contribution is 2.27. The molecule has 1 aromatic carbocycles. The van der Waals surface area contributed by atoms with Gasteiger partial charge in [0.1, 0.15) is 12.1 Å². The lowest BCUT2D eigenvalue weighted by atomic mass is 10.2. The van der Waals surface area contributed by atoms with Gasteiger partial charge in [0.2, 0.25) is 0 Å². The third-order valence-corrected chi connectivity index (χ3v) is 3.74. The Kier molecular flexibility index (Phi) is 2.79. The molecule has 0 amide bonds. The highest BCUT2D eigenvalue weighted by Gasteiger charge is 2.21. The predicted molar refractivity (Wildman–Crippen MR) is 82.2 cm³/mol. The Balaban J connectivity index is 1.71. The van der Waals surface area contributed by atoms with Crippen molar-refractivity contribution in [1.29, 1.82) is 0 Å². The number of pyridine rings is 1. The molecule has 0 atom stereocenters. The lowest BCUT2D eigenvalue weighted by Gasteiger charge is -2.10. The maximum atomic E-state index is 4.47. The molecular formula is C16H15N5. The van der Waals surface area contributed by atoms with Crippen LogP contribution in [0.5, 0.6) is 0 Å². The molecule has 3 aromatic rings. The Labute approximate surface area is 122 Å². The standard InChI is InChI=1S/C16H15N5/c1-21-8-13-15(9-21)18-10-19-16(13)20-12-6-11-4-2-3-5-14(11)17-7-12/h2-7,10H,8-9H2,1H3,(H,18,19,20). The molecule has 1 aliphatic heterocycles. The van der Waals surface area contributed by atoms with Crippen LogP contribution in [0.4, 0.5) is 11.5 Å². The van der Waals surface area contributed by atoms with Crippen LogP contribution >= 0.6 is 0 Å². The molecule has 5 heteroatoms. The molecule has 0 aliphatic carbocycles. The van der Waals surface area contributed by atoms with Gasteiger partial charge in [0.05, 0.1) is 23.1 Å². The maximum absolute atomic E-state index is 4.47. The molecule has 2 aromatic heterocycles. The molecule has 1 N–H and O–H groups in total. The lowest BCUT2D eigenvalue weighted by molar-refractivity contribution is 0.351. The Morgan fingerprint density at radius 1 is 1.10 bits per heavy atom. The van der Waals surface area contributed by atoms with E-state index in [1.54, 1.807) is 6.33 Å². The third kappa shape index (κ3) is 2.21. The molecule has 0 bridgehead atoms. The molecule has 0 fully saturated rings. The van der Waals surface area contributed by atoms with Crippen molar-refractivity contribution in [3.8, 4) is 0 Å². The summed E-state index contributed by atoms with van der Waals surface area (Å²) in [5.41, 5.74) is 4.22. The molecule has 4 rings (SSSR count). The van der Waals surface area contributed by atoms with Crippen LogP contribution in [0.2, 0.25) is 0 Å². The van der Waals surface area contributed by atoms with Crippen LogP contribution in [0.15, 0.2) is 42.9 Å². The highest BCUT2D eigenvalue weighted by atomic mass is 15.2. The zero-order valence-corrected chi connectivity index (χ0v) is 11.7. The predicted octanol–water partition coefficient (Wildman–Crippen LogP) is 2.71. The van der Waals surface area contributed by atoms with Crippen LogP contribution in [-0.2, 0) is 13.1 Å². The van der Waals surface area contributed by atoms with Crippen molar-refractivity contribution in [1.82, 2.24) is 19.9 Å². The van der Waals surface area contributed by atoms with Crippen LogP contribution in [0.3, 0.4) is 0 Å². The van der Waals surface area contributed by atoms with Gasteiger partial charge in [-0.3, -0.25) is 9.88 Å². The first-order valence-electron chi connectivity index (χ1n) is 6.93. The second-order valence-corrected chi connectivity index (χ2v) is 5.36. The topological polar surface area (TPSA) is 53.9 Å². The number of hydrogen-bond donors (Lipinski definition) is 1. The number of fused-ring (bicyclic) bond motifs is 2. The summed E-state index contributed by atoms with van der Waals surface area (Å²) in [6.07, 6.45) is 3.46. The van der Waals surface area contributed by atoms with Gasteiger partial charge in [-0.2, -0.15) is 0 Å². The van der Waals surface area contributed by atoms with Crippen LogP contribution in [0.1, 0.15) is 11.3 Å². The van der Waals surface area contributed by atoms with Crippen molar-refractivity contribution in [2.75, 3.05) is 12.4 Å². The van der Waals surface area contributed by atoms with Gasteiger partial charge in [-0.1, -0.05) is 18.2 Å². The minimum Gasteiger partial charge on any atom is -0.339 e. The van der Waals surface area contributed by atoms with Gasteiger partial charge in [0.15, 0.2) is 0 Å². The fourth-order valence-electron chi connectivity index (χ4n) is 2.72. The van der Waals surface area contributed by atoms with E-state index in [0.717, 1.165) is 41.2 Å². The van der Waals surface area contributed by atoms with Crippen LogP contribution in [-0.4, -0.2) is 26.9 Å². The zero-order chi connectivity index (χ0) is 14.2. The van der Waals surface area contributed by atoms with Gasteiger partial charge in [0.25, 0.3) is 0 Å². The summed E-state index contributed by atoms with van der Waals surface area (Å²) >= 11 is 0. The number of anilines is 2. The number of nitrogens with one attached hydrogen (secondary N) is 1. The first-order chi connectivity index (χ1) is 10.3. The summed E-state index contributed by atoms with van der Waals surface area (Å²) in [6, 6.07) is 10.2. The minimum atomic E-state index is 0.875. The van der Waals surface area contributed by atoms with E-state index in [4.69, 9.17) is 0 Å². The first-order valence-corrected chi connectivity index (χ1v) is 6.93. The minimum absolute atomic E-state index is 0.875. The van der Waals surface area contributed by atoms with E-state index >= 15 is 0 Å². The van der Waals surface area contributed by atoms with Crippen molar-refractivity contribution in [2.45, 2.75) is 13.1 Å². The highest BCUT2D eigenvalue weighted by molar-refractivity contribution is 5.82. The summed E-state index contributed by atoms with van der Waals surface area (Å²) in [4.78, 5) is 15.4. The van der Waals surface area contributed by atoms with Crippen LogP contribution in [0, 0.1) is 0 Å². The van der Waals surface area contributed by atoms with E-state index in [1.807, 2.05) is 24.4 Å². The maximum Gasteiger partial charge on any atom is 0.138 e. The number of aromatic nitrogens is 3. The van der Waals surface area contributed by atoms with Crippen molar-refractivity contribution in [3.05, 3.63) is 54.1 Å². The zero-order valence-electron chi connectivity index (χ0n) is 11.7. The number of benzene rings is 1. The van der Waals surface area contributed by atoms with Crippen molar-refractivity contribution >= 4 is 22.4 Å². The summed E-state index contributed by atoms with van der Waals surface area (Å²) in [5.74, 6) is 0.876. The van der Waals surface area contributed by atoms with Crippen molar-refractivity contribution in [2.24, 2.45) is 0 Å². The molecule has 5 nitrogen and oxygen atoms in total. The number of hydrogen-bond acceptors (Lipinski definition) is 5. The molecule has 0 spiro atoms. The summed E-state index contributed by atoms with van der Waals surface area (Å²) in [7, 11) is 2.09. The molecule has 21 heavy (non-hydrogen) atoms. The Morgan fingerprint density at radius 3 is 2.95 bits per heavy atom. The van der Waals surface area contributed by atoms with Crippen LogP contribution in [0.25, 0.3) is 10.9 Å². The third-order valence-electron chi connectivity index (χ3n) is 3.74. The SMILES string of the molecule is CN1Cc2ncnc(Nc3cnc4ccccc4c3)c2C1. The monoisotopic (exact) mass is 277 g/mol. The molecule has 104 valence electrons. The largest absolute Gasteiger partial charge is 0.339 e. The van der Waals surface area contributed by atoms with E-state index < -0.39 is 0 Å². The fraction of sp³-hybridized carbons (Fsp3) is 0.188. The van der Waals surface area contributed by atoms with E-state index in [-0.39, 0.29) is 0 Å². The molecule has 0 unspecified atom stereocenters. The van der Waals surface area contributed by atoms with Gasteiger partial charge in [0, 0.05) is 24.0 Å².